The van der Waals surface area contributed by atoms with Crippen LogP contribution in [-0.2, 0) is 21.3 Å². The fourth-order valence-electron chi connectivity index (χ4n) is 2.17. The lowest BCUT2D eigenvalue weighted by molar-refractivity contribution is 0.188. The maximum atomic E-state index is 12.0. The normalized spacial score (nSPS) is 19.2. The van der Waals surface area contributed by atoms with Crippen LogP contribution in [0.3, 0.4) is 0 Å². The highest BCUT2D eigenvalue weighted by molar-refractivity contribution is 7.89. The van der Waals surface area contributed by atoms with Crippen LogP contribution in [0, 0.1) is 5.92 Å². The molecule has 2 rings (SSSR count). The summed E-state index contributed by atoms with van der Waals surface area (Å²) < 4.78 is 37.0. The molecule has 1 saturated heterocycles. The molecule has 1 aliphatic rings. The maximum absolute atomic E-state index is 12.0. The van der Waals surface area contributed by atoms with Crippen LogP contribution in [0.5, 0.6) is 5.75 Å². The van der Waals surface area contributed by atoms with Crippen molar-refractivity contribution in [1.29, 1.82) is 0 Å². The number of rotatable bonds is 6. The average molecular weight is 320 g/mol. The summed E-state index contributed by atoms with van der Waals surface area (Å²) in [5.41, 5.74) is 0.642. The summed E-state index contributed by atoms with van der Waals surface area (Å²) in [7, 11) is -1.82. The van der Waals surface area contributed by atoms with Crippen LogP contribution >= 0.6 is 11.6 Å². The highest BCUT2D eigenvalue weighted by Crippen LogP contribution is 2.26. The molecular formula is C13H18ClNO4S. The Balaban J connectivity index is 2.00. The van der Waals surface area contributed by atoms with Gasteiger partial charge in [0.25, 0.3) is 0 Å². The Bertz CT molecular complexity index is 555. The van der Waals surface area contributed by atoms with E-state index in [0.29, 0.717) is 29.5 Å². The lowest BCUT2D eigenvalue weighted by Gasteiger charge is -2.13. The average Bonchev–Trinajstić information content (AvgIpc) is 2.89. The number of ether oxygens (including phenoxy) is 2. The quantitative estimate of drug-likeness (QED) is 0.868. The van der Waals surface area contributed by atoms with Crippen LogP contribution in [0.2, 0.25) is 5.02 Å². The number of hydrogen-bond acceptors (Lipinski definition) is 4. The van der Waals surface area contributed by atoms with Crippen molar-refractivity contribution >= 4 is 21.6 Å². The number of methoxy groups -OCH3 is 1. The van der Waals surface area contributed by atoms with E-state index in [4.69, 9.17) is 21.1 Å². The van der Waals surface area contributed by atoms with E-state index >= 15 is 0 Å². The highest BCUT2D eigenvalue weighted by Gasteiger charge is 2.23. The fraction of sp³-hybridized carbons (Fsp3) is 0.538. The van der Waals surface area contributed by atoms with E-state index in [2.05, 4.69) is 4.72 Å². The van der Waals surface area contributed by atoms with Crippen molar-refractivity contribution in [1.82, 2.24) is 4.72 Å². The zero-order valence-corrected chi connectivity index (χ0v) is 12.8. The van der Waals surface area contributed by atoms with Crippen LogP contribution in [0.15, 0.2) is 18.2 Å². The van der Waals surface area contributed by atoms with E-state index in [9.17, 15) is 8.42 Å². The Kier molecular flexibility index (Phi) is 5.26. The van der Waals surface area contributed by atoms with E-state index in [1.54, 1.807) is 18.2 Å². The van der Waals surface area contributed by atoms with E-state index in [1.165, 1.54) is 7.11 Å². The molecule has 0 aliphatic carbocycles. The minimum atomic E-state index is -3.35. The minimum absolute atomic E-state index is 0.0700. The zero-order valence-electron chi connectivity index (χ0n) is 11.3. The summed E-state index contributed by atoms with van der Waals surface area (Å²) in [6, 6.07) is 5.22. The van der Waals surface area contributed by atoms with E-state index in [-0.39, 0.29) is 18.2 Å². The fourth-order valence-corrected chi connectivity index (χ4v) is 3.77. The standard InChI is InChI=1S/C13H18ClNO4S/c1-18-13-4-2-3-12(14)11(13)7-15-20(16,17)9-10-5-6-19-8-10/h2-4,10,15H,5-9H2,1H3/t10-/m1/s1. The molecule has 0 amide bonds. The van der Waals surface area contributed by atoms with Crippen LogP contribution in [0.25, 0.3) is 0 Å². The van der Waals surface area contributed by atoms with Gasteiger partial charge in [-0.3, -0.25) is 0 Å². The molecule has 1 fully saturated rings. The molecule has 1 aliphatic heterocycles. The number of nitrogens with one attached hydrogen (secondary N) is 1. The molecule has 5 nitrogen and oxygen atoms in total. The first-order chi connectivity index (χ1) is 9.52. The van der Waals surface area contributed by atoms with E-state index in [1.807, 2.05) is 0 Å². The van der Waals surface area contributed by atoms with Gasteiger partial charge in [0.1, 0.15) is 5.75 Å². The van der Waals surface area contributed by atoms with Gasteiger partial charge in [-0.25, -0.2) is 13.1 Å². The Morgan fingerprint density at radius 3 is 2.95 bits per heavy atom. The summed E-state index contributed by atoms with van der Waals surface area (Å²) in [5.74, 6) is 0.727. The van der Waals surface area contributed by atoms with E-state index < -0.39 is 10.0 Å². The molecule has 112 valence electrons. The molecule has 0 unspecified atom stereocenters. The maximum Gasteiger partial charge on any atom is 0.212 e. The molecule has 1 aromatic rings. The predicted molar refractivity (Wildman–Crippen MR) is 77.6 cm³/mol. The van der Waals surface area contributed by atoms with Gasteiger partial charge < -0.3 is 9.47 Å². The lowest BCUT2D eigenvalue weighted by atomic mass is 10.2. The van der Waals surface area contributed by atoms with Gasteiger partial charge in [-0.15, -0.1) is 0 Å². The molecule has 0 bridgehead atoms. The SMILES string of the molecule is COc1cccc(Cl)c1CNS(=O)(=O)C[C@@H]1CCOC1. The Hall–Kier alpha value is -0.820. The van der Waals surface area contributed by atoms with Crippen molar-refractivity contribution in [3.05, 3.63) is 28.8 Å². The number of hydrogen-bond donors (Lipinski definition) is 1. The van der Waals surface area contributed by atoms with Gasteiger partial charge in [0, 0.05) is 23.7 Å². The van der Waals surface area contributed by atoms with Crippen LogP contribution in [-0.4, -0.2) is 34.5 Å². The zero-order chi connectivity index (χ0) is 14.6. The molecular weight excluding hydrogens is 302 g/mol. The van der Waals surface area contributed by atoms with Gasteiger partial charge in [0.2, 0.25) is 10.0 Å². The van der Waals surface area contributed by atoms with Crippen LogP contribution < -0.4 is 9.46 Å². The number of halogens is 1. The van der Waals surface area contributed by atoms with Crippen LogP contribution in [0.4, 0.5) is 0 Å². The third kappa shape index (κ3) is 4.09. The summed E-state index contributed by atoms with van der Waals surface area (Å²) in [5, 5.41) is 0.483. The molecule has 0 radical (unpaired) electrons. The van der Waals surface area contributed by atoms with Crippen LogP contribution in [0.1, 0.15) is 12.0 Å². The molecule has 20 heavy (non-hydrogen) atoms. The van der Waals surface area contributed by atoms with Crippen molar-refractivity contribution < 1.29 is 17.9 Å². The molecule has 1 atom stereocenters. The van der Waals surface area contributed by atoms with Crippen molar-refractivity contribution in [2.24, 2.45) is 5.92 Å². The first-order valence-corrected chi connectivity index (χ1v) is 8.41. The highest BCUT2D eigenvalue weighted by atomic mass is 35.5. The van der Waals surface area contributed by atoms with Gasteiger partial charge >= 0.3 is 0 Å². The monoisotopic (exact) mass is 319 g/mol. The second kappa shape index (κ2) is 6.76. The molecule has 1 aromatic carbocycles. The predicted octanol–water partition coefficient (Wildman–Crippen LogP) is 1.80. The molecule has 0 spiro atoms. The van der Waals surface area contributed by atoms with Gasteiger partial charge in [0.05, 0.1) is 19.5 Å². The number of sulfonamides is 1. The van der Waals surface area contributed by atoms with Crippen molar-refractivity contribution in [2.75, 3.05) is 26.1 Å². The lowest BCUT2D eigenvalue weighted by Crippen LogP contribution is -2.30. The second-order valence-corrected chi connectivity index (χ2v) is 7.01. The summed E-state index contributed by atoms with van der Waals surface area (Å²) >= 11 is 6.07. The molecule has 7 heteroatoms. The van der Waals surface area contributed by atoms with Gasteiger partial charge in [0.15, 0.2) is 0 Å². The molecule has 0 aromatic heterocycles. The first kappa shape index (κ1) is 15.6. The van der Waals surface area contributed by atoms with Gasteiger partial charge in [-0.2, -0.15) is 0 Å². The van der Waals surface area contributed by atoms with Gasteiger partial charge in [-0.1, -0.05) is 17.7 Å². The summed E-state index contributed by atoms with van der Waals surface area (Å²) in [6.45, 7) is 1.27. The molecule has 1 N–H and O–H groups in total. The van der Waals surface area contributed by atoms with Crippen molar-refractivity contribution in [3.8, 4) is 5.75 Å². The molecule has 1 heterocycles. The van der Waals surface area contributed by atoms with Crippen molar-refractivity contribution in [2.45, 2.75) is 13.0 Å². The van der Waals surface area contributed by atoms with Crippen molar-refractivity contribution in [3.63, 3.8) is 0 Å². The van der Waals surface area contributed by atoms with E-state index in [0.717, 1.165) is 6.42 Å². The Morgan fingerprint density at radius 2 is 2.30 bits per heavy atom. The summed E-state index contributed by atoms with van der Waals surface area (Å²) in [4.78, 5) is 0. The first-order valence-electron chi connectivity index (χ1n) is 6.38. The largest absolute Gasteiger partial charge is 0.496 e. The number of benzene rings is 1. The Morgan fingerprint density at radius 1 is 1.50 bits per heavy atom. The Labute approximate surface area is 124 Å². The summed E-state index contributed by atoms with van der Waals surface area (Å²) in [6.07, 6.45) is 0.788. The topological polar surface area (TPSA) is 64.6 Å². The third-order valence-corrected chi connectivity index (χ3v) is 5.09. The smallest absolute Gasteiger partial charge is 0.212 e. The minimum Gasteiger partial charge on any atom is -0.496 e. The third-order valence-electron chi connectivity index (χ3n) is 3.24. The molecule has 0 saturated carbocycles. The van der Waals surface area contributed by atoms with Gasteiger partial charge in [-0.05, 0) is 24.5 Å². The second-order valence-electron chi connectivity index (χ2n) is 4.75.